The first-order valence-corrected chi connectivity index (χ1v) is 16.8. The van der Waals surface area contributed by atoms with Gasteiger partial charge < -0.3 is 14.2 Å². The summed E-state index contributed by atoms with van der Waals surface area (Å²) >= 11 is 1.86. The van der Waals surface area contributed by atoms with Crippen LogP contribution in [-0.2, 0) is 4.65 Å². The van der Waals surface area contributed by atoms with Crippen molar-refractivity contribution in [3.05, 3.63) is 132 Å². The average Bonchev–Trinajstić information content (AvgIpc) is 3.65. The molecule has 47 heavy (non-hydrogen) atoms. The van der Waals surface area contributed by atoms with Crippen molar-refractivity contribution in [2.75, 3.05) is 0 Å². The molecule has 1 N–H and O–H groups in total. The Labute approximate surface area is 279 Å². The van der Waals surface area contributed by atoms with E-state index in [1.165, 1.54) is 10.5 Å². The molecule has 7 heteroatoms. The quantitative estimate of drug-likeness (QED) is 0.179. The van der Waals surface area contributed by atoms with Gasteiger partial charge in [0.2, 0.25) is 0 Å². The maximum absolute atomic E-state index is 10.5. The van der Waals surface area contributed by atoms with Crippen LogP contribution in [0.5, 0.6) is 0 Å². The van der Waals surface area contributed by atoms with Crippen LogP contribution in [0.25, 0.3) is 33.1 Å². The van der Waals surface area contributed by atoms with Gasteiger partial charge in [-0.15, -0.1) is 11.8 Å². The third-order valence-corrected chi connectivity index (χ3v) is 10.9. The van der Waals surface area contributed by atoms with Crippen LogP contribution in [0.3, 0.4) is 0 Å². The largest absolute Gasteiger partial charge is 0.455 e. The van der Waals surface area contributed by atoms with E-state index in [2.05, 4.69) is 97.1 Å². The fourth-order valence-electron chi connectivity index (χ4n) is 6.13. The van der Waals surface area contributed by atoms with Crippen molar-refractivity contribution >= 4 is 58.2 Å². The third kappa shape index (κ3) is 5.33. The smallest absolute Gasteiger partial charge is 0.331 e. The predicted octanol–water partition coefficient (Wildman–Crippen LogP) is 8.53. The topological polar surface area (TPSA) is 67.3 Å². The maximum atomic E-state index is 10.5. The van der Waals surface area contributed by atoms with Gasteiger partial charge >= 0.3 is 7.48 Å². The van der Waals surface area contributed by atoms with Crippen LogP contribution in [0, 0.1) is 0 Å². The van der Waals surface area contributed by atoms with Crippen molar-refractivity contribution in [3.8, 4) is 11.1 Å². The molecule has 2 unspecified atom stereocenters. The van der Waals surface area contributed by atoms with Crippen molar-refractivity contribution < 1.29 is 14.2 Å². The number of fused-ring (bicyclic) bond motifs is 6. The Hall–Kier alpha value is -4.43. The molecule has 231 valence electrons. The van der Waals surface area contributed by atoms with Gasteiger partial charge in [0.15, 0.2) is 5.84 Å². The molecule has 5 nitrogen and oxygen atoms in total. The number of thioether (sulfide) groups is 1. The zero-order valence-electron chi connectivity index (χ0n) is 26.8. The van der Waals surface area contributed by atoms with E-state index < -0.39 is 11.2 Å². The Morgan fingerprint density at radius 2 is 1.51 bits per heavy atom. The van der Waals surface area contributed by atoms with Crippen LogP contribution < -0.4 is 5.46 Å². The molecule has 1 aromatic heterocycles. The van der Waals surface area contributed by atoms with Gasteiger partial charge in [0.1, 0.15) is 11.2 Å². The van der Waals surface area contributed by atoms with Crippen LogP contribution in [0.1, 0.15) is 50.4 Å². The van der Waals surface area contributed by atoms with Crippen molar-refractivity contribution in [1.29, 1.82) is 0 Å². The lowest BCUT2D eigenvalue weighted by Crippen LogP contribution is -2.49. The van der Waals surface area contributed by atoms with Crippen LogP contribution in [0.2, 0.25) is 0 Å². The number of hydrogen-bond donors (Lipinski definition) is 1. The summed E-state index contributed by atoms with van der Waals surface area (Å²) in [6.45, 7) is 7.25. The second kappa shape index (κ2) is 11.4. The van der Waals surface area contributed by atoms with E-state index in [1.54, 1.807) is 21.3 Å². The lowest BCUT2D eigenvalue weighted by Gasteiger charge is -2.37. The SMILES string of the molecule is CC(C)(O)C(C)(C)O[B]c1ccc2c(c1)oc1c(-c3ccc(C4=NC5c6ccccc6SC5C(c5ccccc5)=N4)cc3)cccc12. The zero-order valence-corrected chi connectivity index (χ0v) is 27.6. The van der Waals surface area contributed by atoms with E-state index in [0.29, 0.717) is 0 Å². The van der Waals surface area contributed by atoms with Crippen molar-refractivity contribution in [1.82, 2.24) is 0 Å². The summed E-state index contributed by atoms with van der Waals surface area (Å²) in [5.41, 5.74) is 7.29. The Kier molecular flexibility index (Phi) is 7.25. The number of amidine groups is 1. The van der Waals surface area contributed by atoms with Gasteiger partial charge in [0.25, 0.3) is 0 Å². The molecule has 0 spiro atoms. The van der Waals surface area contributed by atoms with E-state index in [1.807, 2.05) is 43.8 Å². The number of aliphatic hydroxyl groups is 1. The Morgan fingerprint density at radius 3 is 2.30 bits per heavy atom. The summed E-state index contributed by atoms with van der Waals surface area (Å²) in [5, 5.41) is 12.7. The molecule has 0 saturated heterocycles. The molecule has 2 atom stereocenters. The molecule has 2 aliphatic heterocycles. The lowest BCUT2D eigenvalue weighted by atomic mass is 9.82. The molecular weight excluding hydrogens is 599 g/mol. The second-order valence-electron chi connectivity index (χ2n) is 13.3. The number of aliphatic imine (C=N–C) groups is 2. The predicted molar refractivity (Wildman–Crippen MR) is 194 cm³/mol. The Balaban J connectivity index is 1.12. The van der Waals surface area contributed by atoms with Gasteiger partial charge in [0, 0.05) is 26.8 Å². The summed E-state index contributed by atoms with van der Waals surface area (Å²) in [6.07, 6.45) is 0. The molecule has 0 aliphatic carbocycles. The molecule has 0 bridgehead atoms. The highest BCUT2D eigenvalue weighted by Crippen LogP contribution is 2.49. The standard InChI is InChI=1S/C40H34BN2O3S/c1-39(2,44)40(3,4)46-41-27-21-22-29-30-15-10-14-28(36(30)45-32(29)23-27)24-17-19-26(20-18-24)38-42-34(25-11-6-5-7-12-25)37-35(43-38)31-13-8-9-16-33(31)47-37/h5-23,35,37,44H,1-4H3. The monoisotopic (exact) mass is 633 g/mol. The van der Waals surface area contributed by atoms with E-state index >= 15 is 0 Å². The van der Waals surface area contributed by atoms with Gasteiger partial charge in [-0.1, -0.05) is 103 Å². The molecule has 0 saturated carbocycles. The van der Waals surface area contributed by atoms with Crippen LogP contribution >= 0.6 is 11.8 Å². The normalized spacial score (nSPS) is 17.7. The highest BCUT2D eigenvalue weighted by atomic mass is 32.2. The molecule has 5 aromatic carbocycles. The molecule has 6 aromatic rings. The number of hydrogen-bond acceptors (Lipinski definition) is 6. The van der Waals surface area contributed by atoms with E-state index in [0.717, 1.165) is 61.2 Å². The summed E-state index contributed by atoms with van der Waals surface area (Å²) in [4.78, 5) is 11.7. The number of para-hydroxylation sites is 1. The summed E-state index contributed by atoms with van der Waals surface area (Å²) in [7, 11) is 1.69. The first-order chi connectivity index (χ1) is 22.7. The summed E-state index contributed by atoms with van der Waals surface area (Å²) in [5.74, 6) is 0.759. The number of rotatable bonds is 7. The van der Waals surface area contributed by atoms with Crippen LogP contribution in [-0.4, -0.2) is 40.6 Å². The van der Waals surface area contributed by atoms with Crippen molar-refractivity contribution in [2.24, 2.45) is 9.98 Å². The Bertz CT molecular complexity index is 2200. The minimum atomic E-state index is -0.999. The van der Waals surface area contributed by atoms with E-state index in [9.17, 15) is 5.11 Å². The minimum Gasteiger partial charge on any atom is -0.455 e. The van der Waals surface area contributed by atoms with Gasteiger partial charge in [-0.2, -0.15) is 0 Å². The second-order valence-corrected chi connectivity index (χ2v) is 14.4. The van der Waals surface area contributed by atoms with E-state index in [4.69, 9.17) is 19.1 Å². The first kappa shape index (κ1) is 29.9. The molecule has 1 radical (unpaired) electrons. The lowest BCUT2D eigenvalue weighted by molar-refractivity contribution is -0.0893. The van der Waals surface area contributed by atoms with Gasteiger partial charge in [-0.05, 0) is 62.0 Å². The Morgan fingerprint density at radius 1 is 0.766 bits per heavy atom. The number of nitrogens with zero attached hydrogens (tertiary/aromatic N) is 2. The van der Waals surface area contributed by atoms with Crippen molar-refractivity contribution in [2.45, 2.75) is 55.1 Å². The van der Waals surface area contributed by atoms with Gasteiger partial charge in [-0.25, -0.2) is 4.99 Å². The highest BCUT2D eigenvalue weighted by molar-refractivity contribution is 8.01. The van der Waals surface area contributed by atoms with E-state index in [-0.39, 0.29) is 11.3 Å². The molecule has 2 aliphatic rings. The zero-order chi connectivity index (χ0) is 32.3. The maximum Gasteiger partial charge on any atom is 0.331 e. The average molecular weight is 634 g/mol. The number of furan rings is 1. The molecular formula is C40H34BN2O3S. The summed E-state index contributed by atoms with van der Waals surface area (Å²) in [6, 6.07) is 39.9. The molecule has 0 fully saturated rings. The minimum absolute atomic E-state index is 0.0246. The molecule has 0 amide bonds. The van der Waals surface area contributed by atoms with Gasteiger partial charge in [-0.3, -0.25) is 4.99 Å². The summed E-state index contributed by atoms with van der Waals surface area (Å²) < 4.78 is 12.5. The number of benzene rings is 5. The first-order valence-electron chi connectivity index (χ1n) is 15.9. The van der Waals surface area contributed by atoms with Gasteiger partial charge in [0.05, 0.1) is 28.2 Å². The molecule has 3 heterocycles. The fourth-order valence-corrected chi connectivity index (χ4v) is 7.52. The van der Waals surface area contributed by atoms with Crippen LogP contribution in [0.15, 0.2) is 135 Å². The third-order valence-electron chi connectivity index (χ3n) is 9.55. The van der Waals surface area contributed by atoms with Crippen molar-refractivity contribution in [3.63, 3.8) is 0 Å². The fraction of sp³-hybridized carbons (Fsp3) is 0.200. The highest BCUT2D eigenvalue weighted by Gasteiger charge is 2.40. The molecule has 8 rings (SSSR count). The van der Waals surface area contributed by atoms with Crippen LogP contribution in [0.4, 0.5) is 0 Å².